The van der Waals surface area contributed by atoms with Crippen LogP contribution < -0.4 is 0 Å². The Bertz CT molecular complexity index is 512. The molecule has 0 amide bonds. The van der Waals surface area contributed by atoms with Crippen LogP contribution in [0.15, 0.2) is 18.7 Å². The van der Waals surface area contributed by atoms with Crippen LogP contribution >= 0.6 is 0 Å². The third kappa shape index (κ3) is 1.39. The number of aryl methyl sites for hydroxylation is 2. The molecule has 6 nitrogen and oxygen atoms in total. The van der Waals surface area contributed by atoms with Gasteiger partial charge in [0.15, 0.2) is 0 Å². The fraction of sp³-hybridized carbons (Fsp3) is 0.222. The second-order valence-corrected chi connectivity index (χ2v) is 3.23. The van der Waals surface area contributed by atoms with Crippen molar-refractivity contribution in [2.24, 2.45) is 14.1 Å². The van der Waals surface area contributed by atoms with Crippen molar-refractivity contribution in [3.8, 4) is 11.4 Å². The number of carbonyl (C=O) groups is 1. The maximum absolute atomic E-state index is 11.0. The molecule has 0 aromatic carbocycles. The number of hydrogen-bond donors (Lipinski definition) is 1. The van der Waals surface area contributed by atoms with E-state index in [0.29, 0.717) is 5.69 Å². The van der Waals surface area contributed by atoms with Crippen LogP contribution in [0, 0.1) is 0 Å². The van der Waals surface area contributed by atoms with Crippen molar-refractivity contribution in [3.63, 3.8) is 0 Å². The molecule has 15 heavy (non-hydrogen) atoms. The van der Waals surface area contributed by atoms with Gasteiger partial charge in [0.25, 0.3) is 0 Å². The molecule has 0 atom stereocenters. The molecule has 1 N–H and O–H groups in total. The number of carboxylic acids is 1. The monoisotopic (exact) mass is 206 g/mol. The van der Waals surface area contributed by atoms with E-state index >= 15 is 0 Å². The van der Waals surface area contributed by atoms with Crippen LogP contribution in [0.1, 0.15) is 10.4 Å². The van der Waals surface area contributed by atoms with Crippen molar-refractivity contribution >= 4 is 5.97 Å². The number of aromatic nitrogens is 4. The summed E-state index contributed by atoms with van der Waals surface area (Å²) in [5.74, 6) is -0.987. The van der Waals surface area contributed by atoms with Gasteiger partial charge in [-0.2, -0.15) is 5.10 Å². The molecule has 0 aliphatic heterocycles. The fourth-order valence-electron chi connectivity index (χ4n) is 1.48. The summed E-state index contributed by atoms with van der Waals surface area (Å²) in [6.45, 7) is 0. The molecule has 2 aromatic heterocycles. The van der Waals surface area contributed by atoms with Gasteiger partial charge in [-0.1, -0.05) is 0 Å². The van der Waals surface area contributed by atoms with Gasteiger partial charge in [-0.05, 0) is 0 Å². The molecule has 0 radical (unpaired) electrons. The summed E-state index contributed by atoms with van der Waals surface area (Å²) >= 11 is 0. The maximum atomic E-state index is 11.0. The second kappa shape index (κ2) is 3.23. The average Bonchev–Trinajstić information content (AvgIpc) is 2.71. The first kappa shape index (κ1) is 9.45. The third-order valence-corrected chi connectivity index (χ3v) is 2.23. The first-order chi connectivity index (χ1) is 7.11. The molecule has 2 heterocycles. The molecule has 2 aromatic rings. The second-order valence-electron chi connectivity index (χ2n) is 3.23. The van der Waals surface area contributed by atoms with Gasteiger partial charge in [0.1, 0.15) is 11.3 Å². The Morgan fingerprint density at radius 2 is 2.13 bits per heavy atom. The van der Waals surface area contributed by atoms with Crippen LogP contribution in [0.2, 0.25) is 0 Å². The zero-order valence-electron chi connectivity index (χ0n) is 8.38. The van der Waals surface area contributed by atoms with Crippen molar-refractivity contribution < 1.29 is 9.90 Å². The predicted molar refractivity (Wildman–Crippen MR) is 52.4 cm³/mol. The number of hydrogen-bond acceptors (Lipinski definition) is 3. The lowest BCUT2D eigenvalue weighted by molar-refractivity contribution is 0.0697. The van der Waals surface area contributed by atoms with Gasteiger partial charge in [0.05, 0.1) is 24.4 Å². The molecule has 0 unspecified atom stereocenters. The van der Waals surface area contributed by atoms with Gasteiger partial charge in [-0.15, -0.1) is 0 Å². The van der Waals surface area contributed by atoms with Crippen molar-refractivity contribution in [2.45, 2.75) is 0 Å². The Hall–Kier alpha value is -2.11. The summed E-state index contributed by atoms with van der Waals surface area (Å²) in [6, 6.07) is 0. The minimum Gasteiger partial charge on any atom is -0.478 e. The minimum atomic E-state index is -0.987. The van der Waals surface area contributed by atoms with E-state index in [2.05, 4.69) is 10.1 Å². The Morgan fingerprint density at radius 3 is 2.67 bits per heavy atom. The summed E-state index contributed by atoms with van der Waals surface area (Å²) in [5, 5.41) is 12.9. The van der Waals surface area contributed by atoms with Crippen molar-refractivity contribution in [1.29, 1.82) is 0 Å². The molecule has 78 valence electrons. The number of carboxylic acid groups (broad SMARTS) is 1. The van der Waals surface area contributed by atoms with E-state index in [-0.39, 0.29) is 5.56 Å². The largest absolute Gasteiger partial charge is 0.478 e. The highest BCUT2D eigenvalue weighted by Crippen LogP contribution is 2.21. The Morgan fingerprint density at radius 1 is 1.40 bits per heavy atom. The number of imidazole rings is 1. The molecule has 6 heteroatoms. The van der Waals surface area contributed by atoms with E-state index in [1.165, 1.54) is 10.9 Å². The van der Waals surface area contributed by atoms with Crippen LogP contribution in [0.5, 0.6) is 0 Å². The summed E-state index contributed by atoms with van der Waals surface area (Å²) < 4.78 is 3.28. The van der Waals surface area contributed by atoms with Gasteiger partial charge in [0.2, 0.25) is 0 Å². The third-order valence-electron chi connectivity index (χ3n) is 2.23. The quantitative estimate of drug-likeness (QED) is 0.777. The van der Waals surface area contributed by atoms with Gasteiger partial charge >= 0.3 is 5.97 Å². The van der Waals surface area contributed by atoms with Crippen LogP contribution in [0.3, 0.4) is 0 Å². The Kier molecular flexibility index (Phi) is 2.03. The lowest BCUT2D eigenvalue weighted by Crippen LogP contribution is -2.03. The normalized spacial score (nSPS) is 10.5. The standard InChI is InChI=1S/C9H10N4O2/c1-12-5-10-4-7(12)8-6(9(14)15)3-11-13(8)2/h3-5H,1-2H3,(H,14,15). The molecule has 0 saturated heterocycles. The van der Waals surface area contributed by atoms with E-state index in [1.807, 2.05) is 0 Å². The zero-order valence-corrected chi connectivity index (χ0v) is 8.38. The molecular weight excluding hydrogens is 196 g/mol. The van der Waals surface area contributed by atoms with E-state index in [0.717, 1.165) is 5.69 Å². The lowest BCUT2D eigenvalue weighted by atomic mass is 10.2. The Labute approximate surface area is 85.8 Å². The summed E-state index contributed by atoms with van der Waals surface area (Å²) in [7, 11) is 3.51. The average molecular weight is 206 g/mol. The first-order valence-corrected chi connectivity index (χ1v) is 4.33. The molecule has 0 aliphatic carbocycles. The van der Waals surface area contributed by atoms with Crippen LogP contribution in [-0.2, 0) is 14.1 Å². The molecule has 0 saturated carbocycles. The van der Waals surface area contributed by atoms with Gasteiger partial charge in [0, 0.05) is 14.1 Å². The summed E-state index contributed by atoms with van der Waals surface area (Å²) in [6.07, 6.45) is 4.57. The highest BCUT2D eigenvalue weighted by molar-refractivity contribution is 5.94. The van der Waals surface area contributed by atoms with Crippen LogP contribution in [0.25, 0.3) is 11.4 Å². The van der Waals surface area contributed by atoms with E-state index in [1.54, 1.807) is 31.2 Å². The molecule has 0 bridgehead atoms. The van der Waals surface area contributed by atoms with E-state index in [4.69, 9.17) is 5.11 Å². The minimum absolute atomic E-state index is 0.182. The molecule has 0 aliphatic rings. The predicted octanol–water partition coefficient (Wildman–Crippen LogP) is 0.519. The Balaban J connectivity index is 2.66. The van der Waals surface area contributed by atoms with Gasteiger partial charge in [-0.3, -0.25) is 4.68 Å². The topological polar surface area (TPSA) is 72.9 Å². The highest BCUT2D eigenvalue weighted by Gasteiger charge is 2.18. The van der Waals surface area contributed by atoms with Gasteiger partial charge in [-0.25, -0.2) is 9.78 Å². The SMILES string of the molecule is Cn1cncc1-c1c(C(=O)O)cnn1C. The number of rotatable bonds is 2. The molecule has 2 rings (SSSR count). The van der Waals surface area contributed by atoms with Crippen molar-refractivity contribution in [1.82, 2.24) is 19.3 Å². The molecular formula is C9H10N4O2. The van der Waals surface area contributed by atoms with Crippen molar-refractivity contribution in [3.05, 3.63) is 24.3 Å². The number of nitrogens with zero attached hydrogens (tertiary/aromatic N) is 4. The first-order valence-electron chi connectivity index (χ1n) is 4.33. The smallest absolute Gasteiger partial charge is 0.339 e. The molecule has 0 fully saturated rings. The van der Waals surface area contributed by atoms with Crippen molar-refractivity contribution in [2.75, 3.05) is 0 Å². The lowest BCUT2D eigenvalue weighted by Gasteiger charge is -2.03. The zero-order chi connectivity index (χ0) is 11.0. The highest BCUT2D eigenvalue weighted by atomic mass is 16.4. The van der Waals surface area contributed by atoms with Crippen LogP contribution in [0.4, 0.5) is 0 Å². The van der Waals surface area contributed by atoms with Crippen LogP contribution in [-0.4, -0.2) is 30.4 Å². The van der Waals surface area contributed by atoms with E-state index in [9.17, 15) is 4.79 Å². The fourth-order valence-corrected chi connectivity index (χ4v) is 1.48. The van der Waals surface area contributed by atoms with Gasteiger partial charge < -0.3 is 9.67 Å². The van der Waals surface area contributed by atoms with E-state index < -0.39 is 5.97 Å². The number of aromatic carboxylic acids is 1. The summed E-state index contributed by atoms with van der Waals surface area (Å²) in [4.78, 5) is 14.9. The maximum Gasteiger partial charge on any atom is 0.339 e. The summed E-state index contributed by atoms with van der Waals surface area (Å²) in [5.41, 5.74) is 1.47. The molecule has 0 spiro atoms.